The molecule has 0 aromatic heterocycles. The summed E-state index contributed by atoms with van der Waals surface area (Å²) in [6.45, 7) is 7.96. The molecule has 1 aliphatic heterocycles. The van der Waals surface area contributed by atoms with Crippen molar-refractivity contribution < 1.29 is 36.3 Å². The number of aryl methyl sites for hydroxylation is 1. The Kier molecular flexibility index (Phi) is 11.6. The molecule has 0 aliphatic carbocycles. The van der Waals surface area contributed by atoms with Crippen LogP contribution in [0, 0.1) is 0 Å². The molecule has 1 fully saturated rings. The number of halogens is 3. The predicted molar refractivity (Wildman–Crippen MR) is 144 cm³/mol. The third-order valence-electron chi connectivity index (χ3n) is 6.02. The number of nitrogens with zero attached hydrogens (tertiary/aromatic N) is 2. The van der Waals surface area contributed by atoms with Gasteiger partial charge in [-0.25, -0.2) is 13.2 Å². The minimum Gasteiger partial charge on any atom is -0.475 e. The Bertz CT molecular complexity index is 1220. The van der Waals surface area contributed by atoms with Crippen molar-refractivity contribution in [3.8, 4) is 0 Å². The summed E-state index contributed by atoms with van der Waals surface area (Å²) in [5.74, 6) is -2.87. The minimum atomic E-state index is -5.08. The molecule has 0 atom stereocenters. The van der Waals surface area contributed by atoms with Crippen LogP contribution in [-0.4, -0.2) is 76.2 Å². The zero-order valence-corrected chi connectivity index (χ0v) is 23.0. The molecular formula is C26H35F3N4O5S. The number of nitrogens with one attached hydrogen (secondary N) is 2. The minimum absolute atomic E-state index is 0.113. The van der Waals surface area contributed by atoms with Crippen LogP contribution >= 0.6 is 0 Å². The van der Waals surface area contributed by atoms with Gasteiger partial charge >= 0.3 is 12.1 Å². The molecule has 0 bridgehead atoms. The number of sulfonamides is 1. The van der Waals surface area contributed by atoms with Crippen molar-refractivity contribution in [1.29, 1.82) is 0 Å². The van der Waals surface area contributed by atoms with E-state index in [9.17, 15) is 26.4 Å². The van der Waals surface area contributed by atoms with Gasteiger partial charge in [0.1, 0.15) is 0 Å². The van der Waals surface area contributed by atoms with E-state index in [1.54, 1.807) is 36.2 Å². The van der Waals surface area contributed by atoms with Crippen molar-refractivity contribution in [2.24, 2.45) is 0 Å². The molecule has 2 aromatic carbocycles. The van der Waals surface area contributed by atoms with Gasteiger partial charge in [0.05, 0.1) is 16.3 Å². The summed E-state index contributed by atoms with van der Waals surface area (Å²) in [6, 6.07) is 12.2. The van der Waals surface area contributed by atoms with Gasteiger partial charge in [0.2, 0.25) is 0 Å². The van der Waals surface area contributed by atoms with E-state index in [1.807, 2.05) is 25.1 Å². The van der Waals surface area contributed by atoms with Crippen LogP contribution in [0.25, 0.3) is 0 Å². The fraction of sp³-hybridized carbons (Fsp3) is 0.462. The first-order chi connectivity index (χ1) is 18.3. The largest absolute Gasteiger partial charge is 0.490 e. The number of alkyl halides is 3. The van der Waals surface area contributed by atoms with Gasteiger partial charge in [0.25, 0.3) is 15.9 Å². The van der Waals surface area contributed by atoms with E-state index in [0.29, 0.717) is 17.8 Å². The first-order valence-electron chi connectivity index (χ1n) is 12.6. The summed E-state index contributed by atoms with van der Waals surface area (Å²) < 4.78 is 60.8. The lowest BCUT2D eigenvalue weighted by molar-refractivity contribution is -0.192. The Morgan fingerprint density at radius 2 is 1.67 bits per heavy atom. The number of rotatable bonds is 9. The number of unbranched alkanes of at least 4 members (excludes halogenated alkanes) is 1. The molecule has 13 heteroatoms. The van der Waals surface area contributed by atoms with Crippen LogP contribution in [0.2, 0.25) is 0 Å². The Hall–Kier alpha value is -3.32. The van der Waals surface area contributed by atoms with E-state index in [-0.39, 0.29) is 10.8 Å². The number of carboxylic acid groups (broad SMARTS) is 1. The average molecular weight is 573 g/mol. The maximum atomic E-state index is 13.2. The summed E-state index contributed by atoms with van der Waals surface area (Å²) in [5, 5.41) is 10.4. The number of anilines is 2. The monoisotopic (exact) mass is 572 g/mol. The van der Waals surface area contributed by atoms with E-state index in [0.717, 1.165) is 56.7 Å². The molecule has 9 nitrogen and oxygen atoms in total. The molecule has 0 unspecified atom stereocenters. The van der Waals surface area contributed by atoms with Crippen molar-refractivity contribution >= 4 is 33.3 Å². The molecule has 0 saturated carbocycles. The summed E-state index contributed by atoms with van der Waals surface area (Å²) in [4.78, 5) is 25.9. The van der Waals surface area contributed by atoms with Crippen LogP contribution < -0.4 is 14.9 Å². The smallest absolute Gasteiger partial charge is 0.475 e. The van der Waals surface area contributed by atoms with Crippen molar-refractivity contribution in [2.75, 3.05) is 49.4 Å². The molecule has 1 saturated heterocycles. The van der Waals surface area contributed by atoms with E-state index in [1.165, 1.54) is 0 Å². The van der Waals surface area contributed by atoms with E-state index < -0.39 is 22.2 Å². The standard InChI is InChI=1S/C24H34N4O3S.C2HF3O2/c1-4-6-15-27(3)24(29)20-9-12-23(28-16-13-25-14-17-28)22(18-20)26-32(30,31)21-10-7-19(5-2)8-11-21;3-2(4,5)1(6)7/h7-12,18,25-26H,4-6,13-17H2,1-3H3;(H,6,7). The lowest BCUT2D eigenvalue weighted by Gasteiger charge is -2.31. The number of amides is 1. The van der Waals surface area contributed by atoms with Gasteiger partial charge in [0.15, 0.2) is 0 Å². The second-order valence-electron chi connectivity index (χ2n) is 8.96. The number of benzene rings is 2. The second-order valence-corrected chi connectivity index (χ2v) is 10.6. The van der Waals surface area contributed by atoms with Crippen molar-refractivity contribution in [3.63, 3.8) is 0 Å². The third-order valence-corrected chi connectivity index (χ3v) is 7.41. The van der Waals surface area contributed by atoms with Crippen molar-refractivity contribution in [3.05, 3.63) is 53.6 Å². The van der Waals surface area contributed by atoms with Gasteiger partial charge in [-0.2, -0.15) is 13.2 Å². The number of carboxylic acids is 1. The molecule has 39 heavy (non-hydrogen) atoms. The number of aliphatic carboxylic acids is 1. The van der Waals surface area contributed by atoms with Crippen LogP contribution in [0.3, 0.4) is 0 Å². The Morgan fingerprint density at radius 1 is 1.08 bits per heavy atom. The maximum Gasteiger partial charge on any atom is 0.490 e. The number of hydrogen-bond acceptors (Lipinski definition) is 6. The highest BCUT2D eigenvalue weighted by Gasteiger charge is 2.38. The number of hydrogen-bond donors (Lipinski definition) is 3. The molecule has 0 radical (unpaired) electrons. The normalized spacial score (nSPS) is 13.7. The van der Waals surface area contributed by atoms with Crippen LogP contribution in [0.15, 0.2) is 47.4 Å². The van der Waals surface area contributed by atoms with Crippen LogP contribution in [-0.2, 0) is 21.2 Å². The molecule has 1 amide bonds. The van der Waals surface area contributed by atoms with Gasteiger partial charge in [-0.1, -0.05) is 32.4 Å². The molecule has 1 heterocycles. The van der Waals surface area contributed by atoms with Gasteiger partial charge in [-0.05, 0) is 48.7 Å². The quantitative estimate of drug-likeness (QED) is 0.416. The highest BCUT2D eigenvalue weighted by Crippen LogP contribution is 2.30. The van der Waals surface area contributed by atoms with Crippen LogP contribution in [0.4, 0.5) is 24.5 Å². The average Bonchev–Trinajstić information content (AvgIpc) is 2.91. The van der Waals surface area contributed by atoms with Gasteiger partial charge in [0, 0.05) is 45.3 Å². The number of carbonyl (C=O) groups excluding carboxylic acids is 1. The third kappa shape index (κ3) is 9.43. The fourth-order valence-corrected chi connectivity index (χ4v) is 4.82. The summed E-state index contributed by atoms with van der Waals surface area (Å²) in [7, 11) is -2.01. The van der Waals surface area contributed by atoms with Gasteiger partial charge in [-0.3, -0.25) is 9.52 Å². The Balaban J connectivity index is 0.000000673. The molecule has 0 spiro atoms. The lowest BCUT2D eigenvalue weighted by Crippen LogP contribution is -2.43. The first-order valence-corrected chi connectivity index (χ1v) is 14.1. The second kappa shape index (κ2) is 14.2. The van der Waals surface area contributed by atoms with Crippen molar-refractivity contribution in [2.45, 2.75) is 44.2 Å². The number of piperazine rings is 1. The first kappa shape index (κ1) is 31.9. The highest BCUT2D eigenvalue weighted by atomic mass is 32.2. The molecule has 3 rings (SSSR count). The lowest BCUT2D eigenvalue weighted by atomic mass is 10.1. The van der Waals surface area contributed by atoms with E-state index in [2.05, 4.69) is 21.9 Å². The molecule has 2 aromatic rings. The highest BCUT2D eigenvalue weighted by molar-refractivity contribution is 7.92. The summed E-state index contributed by atoms with van der Waals surface area (Å²) in [6.07, 6.45) is -2.31. The van der Waals surface area contributed by atoms with Crippen LogP contribution in [0.1, 0.15) is 42.6 Å². The van der Waals surface area contributed by atoms with E-state index >= 15 is 0 Å². The van der Waals surface area contributed by atoms with Gasteiger partial charge in [-0.15, -0.1) is 0 Å². The maximum absolute atomic E-state index is 13.2. The number of carbonyl (C=O) groups is 2. The zero-order valence-electron chi connectivity index (χ0n) is 22.2. The van der Waals surface area contributed by atoms with Crippen LogP contribution in [0.5, 0.6) is 0 Å². The predicted octanol–water partition coefficient (Wildman–Crippen LogP) is 3.96. The molecule has 216 valence electrons. The molecular weight excluding hydrogens is 537 g/mol. The molecule has 3 N–H and O–H groups in total. The SMILES string of the molecule is CCCCN(C)C(=O)c1ccc(N2CCNCC2)c(NS(=O)(=O)c2ccc(CC)cc2)c1.O=C(O)C(F)(F)F. The Labute approximate surface area is 227 Å². The topological polar surface area (TPSA) is 119 Å². The van der Waals surface area contributed by atoms with Crippen molar-refractivity contribution in [1.82, 2.24) is 10.2 Å². The Morgan fingerprint density at radius 3 is 2.18 bits per heavy atom. The summed E-state index contributed by atoms with van der Waals surface area (Å²) in [5.41, 5.74) is 2.77. The summed E-state index contributed by atoms with van der Waals surface area (Å²) >= 11 is 0. The van der Waals surface area contributed by atoms with Gasteiger partial charge < -0.3 is 20.2 Å². The fourth-order valence-electron chi connectivity index (χ4n) is 3.76. The van der Waals surface area contributed by atoms with E-state index in [4.69, 9.17) is 9.90 Å². The zero-order chi connectivity index (χ0) is 29.2. The molecule has 1 aliphatic rings.